The average molecular weight is 547 g/mol. The molecule has 37 heavy (non-hydrogen) atoms. The van der Waals surface area contributed by atoms with Crippen molar-refractivity contribution in [2.75, 3.05) is 33.3 Å². The molecule has 200 valence electrons. The number of ether oxygens (including phenoxy) is 1. The van der Waals surface area contributed by atoms with Crippen LogP contribution in [0.25, 0.3) is 0 Å². The van der Waals surface area contributed by atoms with Crippen LogP contribution in [0.2, 0.25) is 5.02 Å². The van der Waals surface area contributed by atoms with Gasteiger partial charge in [0.05, 0.1) is 13.2 Å². The third-order valence-electron chi connectivity index (χ3n) is 8.10. The van der Waals surface area contributed by atoms with Crippen LogP contribution in [0.4, 0.5) is 0 Å². The smallest absolute Gasteiger partial charge is 0.223 e. The number of methoxy groups -OCH3 is 1. The van der Waals surface area contributed by atoms with Crippen LogP contribution in [0.1, 0.15) is 55.7 Å². The lowest BCUT2D eigenvalue weighted by Gasteiger charge is -2.39. The largest absolute Gasteiger partial charge is 0.497 e. The number of rotatable bonds is 9. The molecule has 2 saturated heterocycles. The van der Waals surface area contributed by atoms with Gasteiger partial charge in [-0.1, -0.05) is 35.9 Å². The van der Waals surface area contributed by atoms with Gasteiger partial charge >= 0.3 is 0 Å². The molecule has 2 amide bonds. The minimum Gasteiger partial charge on any atom is -0.497 e. The molecule has 3 fully saturated rings. The van der Waals surface area contributed by atoms with Crippen molar-refractivity contribution in [1.29, 1.82) is 0 Å². The first kappa shape index (κ1) is 27.7. The van der Waals surface area contributed by atoms with Crippen LogP contribution in [-0.4, -0.2) is 54.9 Å². The van der Waals surface area contributed by atoms with Crippen LogP contribution in [0.15, 0.2) is 48.5 Å². The number of piperidine rings is 1. The molecule has 1 atom stereocenters. The number of likely N-dealkylation sites (tertiary alicyclic amines) is 2. The van der Waals surface area contributed by atoms with Gasteiger partial charge in [-0.25, -0.2) is 0 Å². The Balaban J connectivity index is 0.00000320. The highest BCUT2D eigenvalue weighted by atomic mass is 35.5. The van der Waals surface area contributed by atoms with Crippen molar-refractivity contribution >= 4 is 35.8 Å². The summed E-state index contributed by atoms with van der Waals surface area (Å²) < 4.78 is 5.25. The number of benzene rings is 2. The van der Waals surface area contributed by atoms with E-state index in [0.717, 1.165) is 75.2 Å². The molecule has 0 bridgehead atoms. The van der Waals surface area contributed by atoms with E-state index in [1.54, 1.807) is 7.11 Å². The quantitative estimate of drug-likeness (QED) is 0.467. The SMILES string of the molecule is COc1ccc(CN2CC3(CCN(CC[C@H](NC(=O)C4CC4)c4cccc(Cl)c4)CC3)CC2=O)cc1.Cl. The molecular formula is C29H37Cl2N3O3. The second kappa shape index (κ2) is 12.1. The van der Waals surface area contributed by atoms with Gasteiger partial charge in [-0.3, -0.25) is 9.59 Å². The molecule has 1 spiro atoms. The third kappa shape index (κ3) is 6.98. The number of carbonyl (C=O) groups is 2. The molecule has 3 aliphatic rings. The molecule has 0 radical (unpaired) electrons. The van der Waals surface area contributed by atoms with Crippen LogP contribution in [0.3, 0.4) is 0 Å². The Kier molecular flexibility index (Phi) is 9.04. The molecule has 1 N–H and O–H groups in total. The summed E-state index contributed by atoms with van der Waals surface area (Å²) in [6, 6.07) is 15.8. The van der Waals surface area contributed by atoms with Gasteiger partial charge in [0.25, 0.3) is 0 Å². The van der Waals surface area contributed by atoms with Crippen LogP contribution >= 0.6 is 24.0 Å². The van der Waals surface area contributed by atoms with E-state index >= 15 is 0 Å². The molecule has 0 unspecified atom stereocenters. The summed E-state index contributed by atoms with van der Waals surface area (Å²) >= 11 is 6.25. The number of amides is 2. The summed E-state index contributed by atoms with van der Waals surface area (Å²) in [6.45, 7) is 4.40. The van der Waals surface area contributed by atoms with Gasteiger partial charge in [-0.2, -0.15) is 0 Å². The van der Waals surface area contributed by atoms with Crippen LogP contribution in [0, 0.1) is 11.3 Å². The Morgan fingerprint density at radius 2 is 1.89 bits per heavy atom. The van der Waals surface area contributed by atoms with Gasteiger partial charge < -0.3 is 19.9 Å². The predicted octanol–water partition coefficient (Wildman–Crippen LogP) is 5.24. The lowest BCUT2D eigenvalue weighted by molar-refractivity contribution is -0.128. The molecule has 6 nitrogen and oxygen atoms in total. The van der Waals surface area contributed by atoms with Crippen molar-refractivity contribution in [3.63, 3.8) is 0 Å². The fourth-order valence-corrected chi connectivity index (χ4v) is 5.85. The molecule has 5 rings (SSSR count). The summed E-state index contributed by atoms with van der Waals surface area (Å²) in [5, 5.41) is 3.97. The molecule has 8 heteroatoms. The summed E-state index contributed by atoms with van der Waals surface area (Å²) in [7, 11) is 1.66. The Bertz CT molecular complexity index is 1080. The standard InChI is InChI=1S/C29H36ClN3O3.ClH/c1-36-25-9-5-21(6-10-25)19-33-20-29(18-27(33)34)12-15-32(16-13-29)14-11-26(31-28(35)22-7-8-22)23-3-2-4-24(30)17-23;/h2-6,9-10,17,22,26H,7-8,11-16,18-20H2,1H3,(H,31,35);1H/t26-;/m0./s1. The van der Waals surface area contributed by atoms with Gasteiger partial charge in [0.2, 0.25) is 11.8 Å². The van der Waals surface area contributed by atoms with Crippen LogP contribution in [-0.2, 0) is 16.1 Å². The minimum absolute atomic E-state index is 0. The lowest BCUT2D eigenvalue weighted by atomic mass is 9.77. The summed E-state index contributed by atoms with van der Waals surface area (Å²) in [6.07, 6.45) is 5.57. The molecule has 2 aromatic rings. The van der Waals surface area contributed by atoms with Crippen molar-refractivity contribution in [1.82, 2.24) is 15.1 Å². The number of carbonyl (C=O) groups excluding carboxylic acids is 2. The first-order valence-electron chi connectivity index (χ1n) is 13.1. The van der Waals surface area contributed by atoms with E-state index in [0.29, 0.717) is 18.0 Å². The zero-order valence-electron chi connectivity index (χ0n) is 21.5. The van der Waals surface area contributed by atoms with Crippen molar-refractivity contribution in [3.05, 3.63) is 64.7 Å². The number of nitrogens with one attached hydrogen (secondary N) is 1. The Hall–Kier alpha value is -2.28. The summed E-state index contributed by atoms with van der Waals surface area (Å²) in [4.78, 5) is 29.9. The van der Waals surface area contributed by atoms with E-state index in [1.165, 1.54) is 0 Å². The predicted molar refractivity (Wildman–Crippen MR) is 148 cm³/mol. The zero-order valence-corrected chi connectivity index (χ0v) is 23.0. The third-order valence-corrected chi connectivity index (χ3v) is 8.34. The Morgan fingerprint density at radius 3 is 2.54 bits per heavy atom. The molecule has 1 saturated carbocycles. The van der Waals surface area contributed by atoms with Gasteiger partial charge in [0.1, 0.15) is 5.75 Å². The van der Waals surface area contributed by atoms with Gasteiger partial charge in [-0.15, -0.1) is 12.4 Å². The van der Waals surface area contributed by atoms with Gasteiger partial charge in [0.15, 0.2) is 0 Å². The fourth-order valence-electron chi connectivity index (χ4n) is 5.66. The number of hydrogen-bond acceptors (Lipinski definition) is 4. The molecule has 0 aromatic heterocycles. The van der Waals surface area contributed by atoms with E-state index in [4.69, 9.17) is 16.3 Å². The minimum atomic E-state index is -0.0271. The number of nitrogens with zero attached hydrogens (tertiary/aromatic N) is 2. The maximum Gasteiger partial charge on any atom is 0.223 e. The van der Waals surface area contributed by atoms with E-state index in [2.05, 4.69) is 16.3 Å². The zero-order chi connectivity index (χ0) is 25.1. The maximum absolute atomic E-state index is 12.9. The first-order chi connectivity index (χ1) is 17.4. The van der Waals surface area contributed by atoms with Crippen LogP contribution in [0.5, 0.6) is 5.75 Å². The maximum atomic E-state index is 12.9. The van der Waals surface area contributed by atoms with Crippen molar-refractivity contribution in [2.24, 2.45) is 11.3 Å². The van der Waals surface area contributed by atoms with Crippen molar-refractivity contribution in [3.8, 4) is 5.75 Å². The van der Waals surface area contributed by atoms with Crippen LogP contribution < -0.4 is 10.1 Å². The normalized spacial score (nSPS) is 19.9. The van der Waals surface area contributed by atoms with E-state index < -0.39 is 0 Å². The summed E-state index contributed by atoms with van der Waals surface area (Å²) in [5.41, 5.74) is 2.30. The lowest BCUT2D eigenvalue weighted by Crippen LogP contribution is -2.42. The topological polar surface area (TPSA) is 61.9 Å². The first-order valence-corrected chi connectivity index (χ1v) is 13.5. The van der Waals surface area contributed by atoms with Gasteiger partial charge in [0, 0.05) is 37.0 Å². The van der Waals surface area contributed by atoms with Crippen molar-refractivity contribution in [2.45, 2.75) is 51.1 Å². The average Bonchev–Trinajstić information content (AvgIpc) is 3.69. The Morgan fingerprint density at radius 1 is 1.16 bits per heavy atom. The highest BCUT2D eigenvalue weighted by molar-refractivity contribution is 6.30. The molecule has 1 aliphatic carbocycles. The second-order valence-electron chi connectivity index (χ2n) is 10.8. The van der Waals surface area contributed by atoms with Crippen molar-refractivity contribution < 1.29 is 14.3 Å². The molecular weight excluding hydrogens is 509 g/mol. The number of halogens is 2. The molecule has 2 aliphatic heterocycles. The summed E-state index contributed by atoms with van der Waals surface area (Å²) in [5.74, 6) is 1.45. The van der Waals surface area contributed by atoms with E-state index in [9.17, 15) is 9.59 Å². The highest BCUT2D eigenvalue weighted by Crippen LogP contribution is 2.41. The second-order valence-corrected chi connectivity index (χ2v) is 11.2. The van der Waals surface area contributed by atoms with E-state index in [-0.39, 0.29) is 41.6 Å². The van der Waals surface area contributed by atoms with Gasteiger partial charge in [-0.05, 0) is 86.0 Å². The molecule has 2 heterocycles. The monoisotopic (exact) mass is 545 g/mol. The highest BCUT2D eigenvalue weighted by Gasteiger charge is 2.44. The fraction of sp³-hybridized carbons (Fsp3) is 0.517. The van der Waals surface area contributed by atoms with E-state index in [1.807, 2.05) is 47.4 Å². The number of hydrogen-bond donors (Lipinski definition) is 1. The molecule has 2 aromatic carbocycles. The Labute approximate surface area is 231 Å².